The van der Waals surface area contributed by atoms with Gasteiger partial charge in [0, 0.05) is 9.99 Å². The SMILES string of the molecule is CC12CC(O)C(C)(O1)C1C(=O)N(c3ccc(C#N)c(I)c3)C(=O)C12. The second-order valence-electron chi connectivity index (χ2n) is 7.06. The van der Waals surface area contributed by atoms with Crippen molar-refractivity contribution in [3.8, 4) is 6.07 Å². The molecule has 1 N–H and O–H groups in total. The minimum Gasteiger partial charge on any atom is -0.390 e. The van der Waals surface area contributed by atoms with Crippen molar-refractivity contribution in [3.05, 3.63) is 27.3 Å². The first-order valence-electron chi connectivity index (χ1n) is 7.68. The number of nitrogens with zero attached hydrogens (tertiary/aromatic N) is 2. The molecule has 2 bridgehead atoms. The molecule has 2 amide bonds. The molecule has 0 aromatic heterocycles. The first kappa shape index (κ1) is 16.0. The Hall–Kier alpha value is -1.50. The number of carbonyl (C=O) groups excluding carboxylic acids is 2. The van der Waals surface area contributed by atoms with Gasteiger partial charge in [-0.25, -0.2) is 4.90 Å². The number of imide groups is 1. The molecular weight excluding hydrogens is 423 g/mol. The number of anilines is 1. The molecule has 5 unspecified atom stereocenters. The maximum atomic E-state index is 13.0. The van der Waals surface area contributed by atoms with Crippen LogP contribution in [0, 0.1) is 26.7 Å². The summed E-state index contributed by atoms with van der Waals surface area (Å²) in [6.45, 7) is 3.51. The summed E-state index contributed by atoms with van der Waals surface area (Å²) in [6.07, 6.45) is -0.413. The lowest BCUT2D eigenvalue weighted by Gasteiger charge is -2.31. The van der Waals surface area contributed by atoms with E-state index in [1.807, 2.05) is 22.6 Å². The molecule has 24 heavy (non-hydrogen) atoms. The van der Waals surface area contributed by atoms with E-state index in [0.717, 1.165) is 0 Å². The molecule has 0 radical (unpaired) electrons. The second kappa shape index (κ2) is 4.77. The number of amides is 2. The smallest absolute Gasteiger partial charge is 0.240 e. The Morgan fingerprint density at radius 1 is 1.33 bits per heavy atom. The Morgan fingerprint density at radius 3 is 2.62 bits per heavy atom. The highest BCUT2D eigenvalue weighted by molar-refractivity contribution is 14.1. The van der Waals surface area contributed by atoms with Gasteiger partial charge in [-0.05, 0) is 54.6 Å². The zero-order valence-electron chi connectivity index (χ0n) is 13.1. The highest BCUT2D eigenvalue weighted by atomic mass is 127. The Bertz CT molecular complexity index is 834. The molecule has 0 saturated carbocycles. The maximum Gasteiger partial charge on any atom is 0.240 e. The number of hydrogen-bond donors (Lipinski definition) is 1. The van der Waals surface area contributed by atoms with Crippen LogP contribution in [0.25, 0.3) is 0 Å². The summed E-state index contributed by atoms with van der Waals surface area (Å²) in [7, 11) is 0. The first-order chi connectivity index (χ1) is 11.2. The molecule has 6 nitrogen and oxygen atoms in total. The van der Waals surface area contributed by atoms with Crippen LogP contribution >= 0.6 is 22.6 Å². The molecule has 1 aromatic carbocycles. The predicted octanol–water partition coefficient (Wildman–Crippen LogP) is 1.58. The maximum absolute atomic E-state index is 13.0. The lowest BCUT2D eigenvalue weighted by atomic mass is 9.67. The highest BCUT2D eigenvalue weighted by Gasteiger charge is 2.75. The third-order valence-corrected chi connectivity index (χ3v) is 6.52. The number of fused-ring (bicyclic) bond motifs is 5. The Morgan fingerprint density at radius 2 is 2.00 bits per heavy atom. The van der Waals surface area contributed by atoms with Gasteiger partial charge < -0.3 is 9.84 Å². The second-order valence-corrected chi connectivity index (χ2v) is 8.22. The van der Waals surface area contributed by atoms with Gasteiger partial charge in [-0.2, -0.15) is 5.26 Å². The first-order valence-corrected chi connectivity index (χ1v) is 8.76. The summed E-state index contributed by atoms with van der Waals surface area (Å²) in [5, 5.41) is 19.4. The molecule has 4 rings (SSSR count). The van der Waals surface area contributed by atoms with Crippen LogP contribution in [0.2, 0.25) is 0 Å². The van der Waals surface area contributed by atoms with Crippen LogP contribution in [0.4, 0.5) is 5.69 Å². The molecule has 3 aliphatic rings. The van der Waals surface area contributed by atoms with E-state index in [1.165, 1.54) is 4.90 Å². The van der Waals surface area contributed by atoms with Crippen LogP contribution in [0.5, 0.6) is 0 Å². The molecule has 5 atom stereocenters. The number of aliphatic hydroxyl groups is 1. The quantitative estimate of drug-likeness (QED) is 0.531. The molecular formula is C17H15IN2O4. The number of carbonyl (C=O) groups is 2. The lowest BCUT2D eigenvalue weighted by molar-refractivity contribution is -0.132. The summed E-state index contributed by atoms with van der Waals surface area (Å²) < 4.78 is 6.63. The summed E-state index contributed by atoms with van der Waals surface area (Å²) in [5.41, 5.74) is -0.888. The van der Waals surface area contributed by atoms with Gasteiger partial charge in [-0.15, -0.1) is 0 Å². The van der Waals surface area contributed by atoms with Crippen LogP contribution in [-0.2, 0) is 14.3 Å². The number of ether oxygens (including phenoxy) is 1. The van der Waals surface area contributed by atoms with E-state index >= 15 is 0 Å². The average molecular weight is 438 g/mol. The Kier molecular flexibility index (Phi) is 3.18. The minimum atomic E-state index is -1.03. The third kappa shape index (κ3) is 1.76. The van der Waals surface area contributed by atoms with E-state index in [-0.39, 0.29) is 11.8 Å². The minimum absolute atomic E-state index is 0.288. The zero-order valence-corrected chi connectivity index (χ0v) is 15.3. The van der Waals surface area contributed by atoms with Crippen molar-refractivity contribution < 1.29 is 19.4 Å². The number of halogens is 1. The summed E-state index contributed by atoms with van der Waals surface area (Å²) in [5.74, 6) is -1.88. The van der Waals surface area contributed by atoms with E-state index in [0.29, 0.717) is 21.2 Å². The zero-order chi connectivity index (χ0) is 17.4. The molecule has 3 fully saturated rings. The van der Waals surface area contributed by atoms with Gasteiger partial charge in [0.2, 0.25) is 11.8 Å². The number of benzene rings is 1. The molecule has 0 spiro atoms. The lowest BCUT2D eigenvalue weighted by Crippen LogP contribution is -2.49. The van der Waals surface area contributed by atoms with Crippen molar-refractivity contribution in [1.29, 1.82) is 5.26 Å². The van der Waals surface area contributed by atoms with Gasteiger partial charge in [0.1, 0.15) is 11.7 Å². The van der Waals surface area contributed by atoms with Gasteiger partial charge in [0.05, 0.1) is 34.8 Å². The van der Waals surface area contributed by atoms with E-state index in [2.05, 4.69) is 6.07 Å². The molecule has 7 heteroatoms. The van der Waals surface area contributed by atoms with Crippen LogP contribution in [0.1, 0.15) is 25.8 Å². The van der Waals surface area contributed by atoms with Gasteiger partial charge in [-0.1, -0.05) is 0 Å². The van der Waals surface area contributed by atoms with Crippen LogP contribution < -0.4 is 4.90 Å². The van der Waals surface area contributed by atoms with Crippen molar-refractivity contribution in [2.75, 3.05) is 4.90 Å². The van der Waals surface area contributed by atoms with E-state index in [1.54, 1.807) is 32.0 Å². The van der Waals surface area contributed by atoms with Crippen LogP contribution in [0.3, 0.4) is 0 Å². The van der Waals surface area contributed by atoms with Crippen LogP contribution in [-0.4, -0.2) is 34.2 Å². The topological polar surface area (TPSA) is 90.6 Å². The Balaban J connectivity index is 1.79. The fourth-order valence-corrected chi connectivity index (χ4v) is 5.13. The molecule has 124 valence electrons. The molecule has 1 aromatic rings. The van der Waals surface area contributed by atoms with Crippen molar-refractivity contribution in [1.82, 2.24) is 0 Å². The number of hydrogen-bond acceptors (Lipinski definition) is 5. The average Bonchev–Trinajstić information content (AvgIpc) is 3.01. The van der Waals surface area contributed by atoms with Gasteiger partial charge >= 0.3 is 0 Å². The molecule has 0 aliphatic carbocycles. The van der Waals surface area contributed by atoms with E-state index in [9.17, 15) is 14.7 Å². The predicted molar refractivity (Wildman–Crippen MR) is 91.9 cm³/mol. The van der Waals surface area contributed by atoms with Gasteiger partial charge in [0.15, 0.2) is 0 Å². The van der Waals surface area contributed by atoms with E-state index < -0.39 is 29.1 Å². The standard InChI is InChI=1S/C17H15IN2O4/c1-16-6-11(21)17(2,24-16)13-12(16)14(22)20(15(13)23)9-4-3-8(7-19)10(18)5-9/h3-5,11-13,21H,6H2,1-2H3. The summed E-state index contributed by atoms with van der Waals surface area (Å²) >= 11 is 2.01. The van der Waals surface area contributed by atoms with Crippen molar-refractivity contribution >= 4 is 40.1 Å². The number of aliphatic hydroxyl groups excluding tert-OH is 1. The van der Waals surface area contributed by atoms with Crippen LogP contribution in [0.15, 0.2) is 18.2 Å². The fraction of sp³-hybridized carbons (Fsp3) is 0.471. The van der Waals surface area contributed by atoms with Crippen molar-refractivity contribution in [2.45, 2.75) is 37.6 Å². The van der Waals surface area contributed by atoms with Crippen molar-refractivity contribution in [3.63, 3.8) is 0 Å². The molecule has 3 heterocycles. The highest BCUT2D eigenvalue weighted by Crippen LogP contribution is 2.60. The number of rotatable bonds is 1. The molecule has 3 aliphatic heterocycles. The van der Waals surface area contributed by atoms with Gasteiger partial charge in [0.25, 0.3) is 0 Å². The van der Waals surface area contributed by atoms with Gasteiger partial charge in [-0.3, -0.25) is 9.59 Å². The largest absolute Gasteiger partial charge is 0.390 e. The van der Waals surface area contributed by atoms with Crippen molar-refractivity contribution in [2.24, 2.45) is 11.8 Å². The van der Waals surface area contributed by atoms with E-state index in [4.69, 9.17) is 10.00 Å². The number of nitriles is 1. The normalized spacial score (nSPS) is 40.1. The third-order valence-electron chi connectivity index (χ3n) is 5.63. The summed E-state index contributed by atoms with van der Waals surface area (Å²) in [4.78, 5) is 27.2. The summed E-state index contributed by atoms with van der Waals surface area (Å²) in [6, 6.07) is 6.95. The fourth-order valence-electron chi connectivity index (χ4n) is 4.51. The monoisotopic (exact) mass is 438 g/mol. The Labute approximate surface area is 152 Å². The molecule has 3 saturated heterocycles.